The topological polar surface area (TPSA) is 49.2 Å². The van der Waals surface area contributed by atoms with E-state index in [2.05, 4.69) is 14.9 Å². The zero-order chi connectivity index (χ0) is 14.9. The molecule has 2 aromatic rings. The molecule has 0 unspecified atom stereocenters. The van der Waals surface area contributed by atoms with E-state index in [0.29, 0.717) is 17.9 Å². The van der Waals surface area contributed by atoms with Crippen LogP contribution in [0.2, 0.25) is 5.02 Å². The summed E-state index contributed by atoms with van der Waals surface area (Å²) < 4.78 is 0. The number of aliphatic hydroxyl groups is 1. The maximum atomic E-state index is 10.9. The molecule has 2 heterocycles. The molecule has 5 heteroatoms. The molecule has 0 amide bonds. The quantitative estimate of drug-likeness (QED) is 0.927. The fraction of sp³-hybridized carbons (Fsp3) is 0.375. The number of aromatic nitrogens is 2. The number of hydrogen-bond donors (Lipinski definition) is 1. The summed E-state index contributed by atoms with van der Waals surface area (Å²) in [6.45, 7) is 3.45. The summed E-state index contributed by atoms with van der Waals surface area (Å²) in [4.78, 5) is 10.6. The largest absolute Gasteiger partial charge is 0.385 e. The maximum Gasteiger partial charge on any atom is 0.132 e. The predicted octanol–water partition coefficient (Wildman–Crippen LogP) is 2.93. The maximum absolute atomic E-state index is 10.9. The number of aryl methyl sites for hydroxylation is 1. The lowest BCUT2D eigenvalue weighted by atomic mass is 9.84. The van der Waals surface area contributed by atoms with Crippen LogP contribution in [-0.2, 0) is 5.60 Å². The lowest BCUT2D eigenvalue weighted by Crippen LogP contribution is -2.43. The molecule has 0 aliphatic carbocycles. The van der Waals surface area contributed by atoms with Gasteiger partial charge in [0, 0.05) is 35.4 Å². The van der Waals surface area contributed by atoms with Crippen molar-refractivity contribution in [3.8, 4) is 0 Å². The van der Waals surface area contributed by atoms with Gasteiger partial charge in [-0.1, -0.05) is 29.8 Å². The van der Waals surface area contributed by atoms with Crippen LogP contribution in [0, 0.1) is 6.92 Å². The van der Waals surface area contributed by atoms with E-state index in [0.717, 1.165) is 30.2 Å². The van der Waals surface area contributed by atoms with Crippen LogP contribution in [-0.4, -0.2) is 28.2 Å². The van der Waals surface area contributed by atoms with Gasteiger partial charge in [0.2, 0.25) is 0 Å². The van der Waals surface area contributed by atoms with Gasteiger partial charge in [-0.2, -0.15) is 0 Å². The highest BCUT2D eigenvalue weighted by Gasteiger charge is 2.35. The molecule has 4 nitrogen and oxygen atoms in total. The Balaban J connectivity index is 1.77. The molecule has 0 saturated carbocycles. The summed E-state index contributed by atoms with van der Waals surface area (Å²) in [5.41, 5.74) is 0.925. The average Bonchev–Trinajstić information content (AvgIpc) is 2.48. The molecule has 1 saturated heterocycles. The summed E-state index contributed by atoms with van der Waals surface area (Å²) in [6, 6.07) is 9.51. The fourth-order valence-electron chi connectivity index (χ4n) is 2.83. The molecular formula is C16H18ClN3O. The van der Waals surface area contributed by atoms with Crippen molar-refractivity contribution in [3.05, 3.63) is 52.9 Å². The molecule has 3 rings (SSSR count). The van der Waals surface area contributed by atoms with E-state index in [1.807, 2.05) is 37.3 Å². The number of anilines is 1. The van der Waals surface area contributed by atoms with Crippen molar-refractivity contribution in [1.82, 2.24) is 9.97 Å². The first-order valence-electron chi connectivity index (χ1n) is 7.09. The molecule has 1 fully saturated rings. The second-order valence-electron chi connectivity index (χ2n) is 5.52. The van der Waals surface area contributed by atoms with Crippen LogP contribution in [0.3, 0.4) is 0 Å². The molecule has 0 radical (unpaired) electrons. The number of piperidine rings is 1. The minimum Gasteiger partial charge on any atom is -0.385 e. The van der Waals surface area contributed by atoms with Crippen LogP contribution in [0.1, 0.15) is 24.1 Å². The van der Waals surface area contributed by atoms with Crippen molar-refractivity contribution in [1.29, 1.82) is 0 Å². The summed E-state index contributed by atoms with van der Waals surface area (Å²) in [5.74, 6) is 0.920. The molecule has 21 heavy (non-hydrogen) atoms. The number of hydrogen-bond acceptors (Lipinski definition) is 4. The second kappa shape index (κ2) is 5.62. The Morgan fingerprint density at radius 2 is 1.90 bits per heavy atom. The van der Waals surface area contributed by atoms with E-state index in [-0.39, 0.29) is 0 Å². The predicted molar refractivity (Wildman–Crippen MR) is 83.6 cm³/mol. The number of benzene rings is 1. The molecular weight excluding hydrogens is 286 g/mol. The number of rotatable bonds is 2. The molecule has 1 aromatic heterocycles. The van der Waals surface area contributed by atoms with Gasteiger partial charge < -0.3 is 10.0 Å². The van der Waals surface area contributed by atoms with Crippen molar-refractivity contribution in [3.63, 3.8) is 0 Å². The van der Waals surface area contributed by atoms with Gasteiger partial charge in [-0.3, -0.25) is 0 Å². The highest BCUT2D eigenvalue weighted by atomic mass is 35.5. The minimum absolute atomic E-state index is 0.631. The minimum atomic E-state index is -0.850. The van der Waals surface area contributed by atoms with Crippen LogP contribution in [0.4, 0.5) is 5.82 Å². The van der Waals surface area contributed by atoms with E-state index in [9.17, 15) is 5.11 Å². The Labute approximate surface area is 129 Å². The Morgan fingerprint density at radius 3 is 2.57 bits per heavy atom. The monoisotopic (exact) mass is 303 g/mol. The Bertz CT molecular complexity index is 639. The standard InChI is InChI=1S/C16H18ClN3O/c1-12-10-15(19-11-18-12)20-8-6-16(21,7-9-20)13-4-2-3-5-14(13)17/h2-5,10-11,21H,6-9H2,1H3. The SMILES string of the molecule is Cc1cc(N2CCC(O)(c3ccccc3Cl)CC2)ncn1. The van der Waals surface area contributed by atoms with E-state index in [4.69, 9.17) is 11.6 Å². The van der Waals surface area contributed by atoms with E-state index >= 15 is 0 Å². The van der Waals surface area contributed by atoms with Crippen molar-refractivity contribution in [2.24, 2.45) is 0 Å². The van der Waals surface area contributed by atoms with Crippen molar-refractivity contribution < 1.29 is 5.11 Å². The smallest absolute Gasteiger partial charge is 0.132 e. The molecule has 0 bridgehead atoms. The van der Waals surface area contributed by atoms with Gasteiger partial charge in [0.15, 0.2) is 0 Å². The summed E-state index contributed by atoms with van der Waals surface area (Å²) in [5, 5.41) is 11.5. The Morgan fingerprint density at radius 1 is 1.19 bits per heavy atom. The zero-order valence-electron chi connectivity index (χ0n) is 12.0. The van der Waals surface area contributed by atoms with Crippen LogP contribution in [0.25, 0.3) is 0 Å². The third-order valence-corrected chi connectivity index (χ3v) is 4.41. The van der Waals surface area contributed by atoms with Crippen LogP contribution < -0.4 is 4.90 Å². The summed E-state index contributed by atoms with van der Waals surface area (Å²) in [7, 11) is 0. The first kappa shape index (κ1) is 14.3. The van der Waals surface area contributed by atoms with Gasteiger partial charge in [0.25, 0.3) is 0 Å². The summed E-state index contributed by atoms with van der Waals surface area (Å²) in [6.07, 6.45) is 2.86. The van der Waals surface area contributed by atoms with Crippen molar-refractivity contribution >= 4 is 17.4 Å². The van der Waals surface area contributed by atoms with Gasteiger partial charge in [0.05, 0.1) is 5.60 Å². The first-order chi connectivity index (χ1) is 10.1. The highest BCUT2D eigenvalue weighted by molar-refractivity contribution is 6.31. The molecule has 1 aliphatic heterocycles. The third-order valence-electron chi connectivity index (χ3n) is 4.08. The molecule has 0 atom stereocenters. The van der Waals surface area contributed by atoms with Gasteiger partial charge >= 0.3 is 0 Å². The number of halogens is 1. The van der Waals surface area contributed by atoms with Crippen molar-refractivity contribution in [2.75, 3.05) is 18.0 Å². The lowest BCUT2D eigenvalue weighted by molar-refractivity contribution is 0.0117. The lowest BCUT2D eigenvalue weighted by Gasteiger charge is -2.39. The zero-order valence-corrected chi connectivity index (χ0v) is 12.7. The van der Waals surface area contributed by atoms with Gasteiger partial charge in [0.1, 0.15) is 12.1 Å². The van der Waals surface area contributed by atoms with Gasteiger partial charge in [-0.05, 0) is 25.8 Å². The molecule has 1 aliphatic rings. The van der Waals surface area contributed by atoms with E-state index < -0.39 is 5.60 Å². The highest BCUT2D eigenvalue weighted by Crippen LogP contribution is 2.37. The van der Waals surface area contributed by atoms with E-state index in [1.165, 1.54) is 0 Å². The Kier molecular flexibility index (Phi) is 3.83. The van der Waals surface area contributed by atoms with Crippen molar-refractivity contribution in [2.45, 2.75) is 25.4 Å². The average molecular weight is 304 g/mol. The molecule has 1 aromatic carbocycles. The van der Waals surface area contributed by atoms with Gasteiger partial charge in [-0.15, -0.1) is 0 Å². The third kappa shape index (κ3) is 2.87. The van der Waals surface area contributed by atoms with Gasteiger partial charge in [-0.25, -0.2) is 9.97 Å². The molecule has 110 valence electrons. The second-order valence-corrected chi connectivity index (χ2v) is 5.92. The Hall–Kier alpha value is -1.65. The number of nitrogens with zero attached hydrogens (tertiary/aromatic N) is 3. The van der Waals surface area contributed by atoms with E-state index in [1.54, 1.807) is 6.33 Å². The first-order valence-corrected chi connectivity index (χ1v) is 7.47. The van der Waals surface area contributed by atoms with Crippen LogP contribution >= 0.6 is 11.6 Å². The fourth-order valence-corrected chi connectivity index (χ4v) is 3.14. The normalized spacial score (nSPS) is 17.8. The van der Waals surface area contributed by atoms with Crippen LogP contribution in [0.5, 0.6) is 0 Å². The molecule has 0 spiro atoms. The summed E-state index contributed by atoms with van der Waals surface area (Å²) >= 11 is 6.23. The van der Waals surface area contributed by atoms with Crippen LogP contribution in [0.15, 0.2) is 36.7 Å². The molecule has 1 N–H and O–H groups in total.